The molecule has 0 fully saturated rings. The van der Waals surface area contributed by atoms with Crippen LogP contribution in [0.1, 0.15) is 0 Å². The Morgan fingerprint density at radius 3 is 2.40 bits per heavy atom. The van der Waals surface area contributed by atoms with E-state index in [-0.39, 0.29) is 17.3 Å². The fraction of sp³-hybridized carbons (Fsp3) is 0.0588. The fourth-order valence-electron chi connectivity index (χ4n) is 2.32. The van der Waals surface area contributed by atoms with Gasteiger partial charge < -0.3 is 10.2 Å². The lowest BCUT2D eigenvalue weighted by molar-refractivity contribution is -0.383. The highest BCUT2D eigenvalue weighted by atomic mass is 79.9. The van der Waals surface area contributed by atoms with Gasteiger partial charge in [0.05, 0.1) is 4.92 Å². The number of anilines is 4. The average molecular weight is 400 g/mol. The molecular weight excluding hydrogens is 386 g/mol. The van der Waals surface area contributed by atoms with Crippen molar-refractivity contribution >= 4 is 44.6 Å². The van der Waals surface area contributed by atoms with Gasteiger partial charge in [0, 0.05) is 22.9 Å². The predicted molar refractivity (Wildman–Crippen MR) is 101 cm³/mol. The number of hydrogen-bond acceptors (Lipinski definition) is 6. The van der Waals surface area contributed by atoms with Gasteiger partial charge in [-0.15, -0.1) is 0 Å². The largest absolute Gasteiger partial charge is 0.354 e. The number of nitro groups is 1. The summed E-state index contributed by atoms with van der Waals surface area (Å²) < 4.78 is 0.916. The summed E-state index contributed by atoms with van der Waals surface area (Å²) in [4.78, 5) is 21.0. The highest BCUT2D eigenvalue weighted by Crippen LogP contribution is 2.36. The van der Waals surface area contributed by atoms with Crippen molar-refractivity contribution in [2.75, 3.05) is 17.3 Å². The van der Waals surface area contributed by atoms with Gasteiger partial charge in [-0.2, -0.15) is 0 Å². The molecule has 0 aliphatic carbocycles. The summed E-state index contributed by atoms with van der Waals surface area (Å²) in [6.45, 7) is 0. The Hall–Kier alpha value is -3.00. The maximum absolute atomic E-state index is 11.7. The summed E-state index contributed by atoms with van der Waals surface area (Å²) >= 11 is 3.36. The molecule has 0 atom stereocenters. The van der Waals surface area contributed by atoms with Crippen molar-refractivity contribution < 1.29 is 4.92 Å². The zero-order chi connectivity index (χ0) is 17.8. The average Bonchev–Trinajstić information content (AvgIpc) is 2.63. The lowest BCUT2D eigenvalue weighted by Crippen LogP contribution is -2.15. The number of nitrogens with one attached hydrogen (secondary N) is 1. The van der Waals surface area contributed by atoms with Crippen LogP contribution >= 0.6 is 15.9 Å². The molecule has 8 heteroatoms. The minimum atomic E-state index is -0.476. The third-order valence-electron chi connectivity index (χ3n) is 3.55. The summed E-state index contributed by atoms with van der Waals surface area (Å²) in [7, 11) is 1.73. The molecule has 0 saturated carbocycles. The van der Waals surface area contributed by atoms with Crippen molar-refractivity contribution in [1.29, 1.82) is 0 Å². The Morgan fingerprint density at radius 2 is 1.76 bits per heavy atom. The van der Waals surface area contributed by atoms with Crippen LogP contribution in [-0.2, 0) is 0 Å². The number of halogens is 1. The van der Waals surface area contributed by atoms with Crippen LogP contribution in [0.3, 0.4) is 0 Å². The van der Waals surface area contributed by atoms with Crippen molar-refractivity contribution in [3.8, 4) is 0 Å². The molecule has 0 unspecified atom stereocenters. The zero-order valence-electron chi connectivity index (χ0n) is 13.3. The van der Waals surface area contributed by atoms with Crippen LogP contribution in [0.25, 0.3) is 0 Å². The molecule has 1 aromatic heterocycles. The monoisotopic (exact) mass is 399 g/mol. The van der Waals surface area contributed by atoms with Gasteiger partial charge in [0.15, 0.2) is 0 Å². The Kier molecular flexibility index (Phi) is 4.90. The van der Waals surface area contributed by atoms with E-state index in [4.69, 9.17) is 0 Å². The van der Waals surface area contributed by atoms with Gasteiger partial charge in [0.2, 0.25) is 11.6 Å². The molecule has 0 amide bonds. The van der Waals surface area contributed by atoms with Gasteiger partial charge in [-0.05, 0) is 36.4 Å². The van der Waals surface area contributed by atoms with Crippen molar-refractivity contribution in [3.05, 3.63) is 75.5 Å². The number of aromatic nitrogens is 2. The topological polar surface area (TPSA) is 84.2 Å². The van der Waals surface area contributed by atoms with Crippen LogP contribution in [0.5, 0.6) is 0 Å². The highest BCUT2D eigenvalue weighted by Gasteiger charge is 2.26. The van der Waals surface area contributed by atoms with Crippen LogP contribution in [0.2, 0.25) is 0 Å². The van der Waals surface area contributed by atoms with Crippen molar-refractivity contribution in [2.45, 2.75) is 0 Å². The summed E-state index contributed by atoms with van der Waals surface area (Å²) in [5, 5.41) is 14.7. The van der Waals surface area contributed by atoms with Gasteiger partial charge in [-0.1, -0.05) is 34.1 Å². The molecule has 2 aromatic carbocycles. The van der Waals surface area contributed by atoms with Crippen molar-refractivity contribution in [1.82, 2.24) is 9.97 Å². The second-order valence-corrected chi connectivity index (χ2v) is 6.09. The van der Waals surface area contributed by atoms with Gasteiger partial charge >= 0.3 is 5.69 Å². The smallest absolute Gasteiger partial charge is 0.334 e. The van der Waals surface area contributed by atoms with E-state index in [1.807, 2.05) is 42.5 Å². The molecule has 0 aliphatic rings. The molecule has 0 aliphatic heterocycles. The van der Waals surface area contributed by atoms with E-state index in [0.717, 1.165) is 10.2 Å². The predicted octanol–water partition coefficient (Wildman–Crippen LogP) is 4.66. The highest BCUT2D eigenvalue weighted by molar-refractivity contribution is 9.10. The summed E-state index contributed by atoms with van der Waals surface area (Å²) in [5.41, 5.74) is 1.30. The second kappa shape index (κ2) is 7.27. The van der Waals surface area contributed by atoms with Crippen LogP contribution in [0.4, 0.5) is 28.7 Å². The molecule has 0 radical (unpaired) electrons. The Balaban J connectivity index is 2.02. The number of hydrogen-bond donors (Lipinski definition) is 1. The standard InChI is InChI=1S/C17H14BrN5O2/c1-22(14-5-3-2-4-6-14)17-15(23(24)25)16(19-11-20-17)21-13-9-7-12(18)8-10-13/h2-11H,1H3,(H,19,20,21). The molecule has 1 N–H and O–H groups in total. The molecule has 1 heterocycles. The first-order chi connectivity index (χ1) is 12.1. The molecule has 126 valence electrons. The van der Waals surface area contributed by atoms with E-state index in [1.54, 1.807) is 24.1 Å². The third-order valence-corrected chi connectivity index (χ3v) is 4.08. The number of benzene rings is 2. The van der Waals surface area contributed by atoms with Gasteiger partial charge in [0.1, 0.15) is 6.33 Å². The molecule has 7 nitrogen and oxygen atoms in total. The first-order valence-electron chi connectivity index (χ1n) is 7.37. The maximum atomic E-state index is 11.7. The van der Waals surface area contributed by atoms with Crippen molar-refractivity contribution in [2.24, 2.45) is 0 Å². The van der Waals surface area contributed by atoms with Gasteiger partial charge in [-0.3, -0.25) is 10.1 Å². The zero-order valence-corrected chi connectivity index (χ0v) is 14.8. The van der Waals surface area contributed by atoms with E-state index in [1.165, 1.54) is 6.33 Å². The summed E-state index contributed by atoms with van der Waals surface area (Å²) in [6.07, 6.45) is 1.31. The first-order valence-corrected chi connectivity index (χ1v) is 8.16. The molecule has 3 rings (SSSR count). The Labute approximate surface area is 152 Å². The minimum absolute atomic E-state index is 0.139. The lowest BCUT2D eigenvalue weighted by atomic mass is 10.3. The van der Waals surface area contributed by atoms with E-state index < -0.39 is 4.92 Å². The minimum Gasteiger partial charge on any atom is -0.334 e. The molecule has 25 heavy (non-hydrogen) atoms. The second-order valence-electron chi connectivity index (χ2n) is 5.18. The van der Waals surface area contributed by atoms with Crippen LogP contribution in [0, 0.1) is 10.1 Å². The molecule has 0 saturated heterocycles. The van der Waals surface area contributed by atoms with E-state index in [9.17, 15) is 10.1 Å². The molecule has 0 bridgehead atoms. The first kappa shape index (κ1) is 16.8. The van der Waals surface area contributed by atoms with Gasteiger partial charge in [-0.25, -0.2) is 9.97 Å². The lowest BCUT2D eigenvalue weighted by Gasteiger charge is -2.18. The number of rotatable bonds is 5. The summed E-state index contributed by atoms with van der Waals surface area (Å²) in [5.74, 6) is 0.353. The Bertz CT molecular complexity index is 887. The summed E-state index contributed by atoms with van der Waals surface area (Å²) in [6, 6.07) is 16.6. The van der Waals surface area contributed by atoms with Gasteiger partial charge in [0.25, 0.3) is 0 Å². The molecular formula is C17H14BrN5O2. The quantitative estimate of drug-likeness (QED) is 0.496. The maximum Gasteiger partial charge on any atom is 0.354 e. The van der Waals surface area contributed by atoms with Crippen LogP contribution in [-0.4, -0.2) is 21.9 Å². The molecule has 3 aromatic rings. The Morgan fingerprint density at radius 1 is 1.08 bits per heavy atom. The fourth-order valence-corrected chi connectivity index (χ4v) is 2.58. The van der Waals surface area contributed by atoms with Crippen LogP contribution < -0.4 is 10.2 Å². The van der Waals surface area contributed by atoms with E-state index >= 15 is 0 Å². The van der Waals surface area contributed by atoms with Crippen molar-refractivity contribution in [3.63, 3.8) is 0 Å². The third kappa shape index (κ3) is 3.74. The van der Waals surface area contributed by atoms with Crippen LogP contribution in [0.15, 0.2) is 65.4 Å². The van der Waals surface area contributed by atoms with E-state index in [0.29, 0.717) is 5.69 Å². The number of para-hydroxylation sites is 1. The molecule has 0 spiro atoms. The SMILES string of the molecule is CN(c1ccccc1)c1ncnc(Nc2ccc(Br)cc2)c1[N+](=O)[O-]. The normalized spacial score (nSPS) is 10.3. The number of nitrogens with zero attached hydrogens (tertiary/aromatic N) is 4. The van der Waals surface area contributed by atoms with E-state index in [2.05, 4.69) is 31.2 Å².